The van der Waals surface area contributed by atoms with Crippen LogP contribution in [-0.4, -0.2) is 13.0 Å². The predicted octanol–water partition coefficient (Wildman–Crippen LogP) is 4.41. The van der Waals surface area contributed by atoms with Gasteiger partial charge in [-0.05, 0) is 48.2 Å². The number of rotatable bonds is 5. The second-order valence-corrected chi connectivity index (χ2v) is 6.86. The van der Waals surface area contributed by atoms with Crippen LogP contribution in [0.4, 0.5) is 5.69 Å². The minimum Gasteiger partial charge on any atom is -0.497 e. The number of aryl methyl sites for hydroxylation is 1. The van der Waals surface area contributed by atoms with Crippen molar-refractivity contribution in [2.75, 3.05) is 12.4 Å². The molecule has 0 aliphatic carbocycles. The molecule has 0 atom stereocenters. The van der Waals surface area contributed by atoms with Crippen molar-refractivity contribution in [3.05, 3.63) is 69.6 Å². The van der Waals surface area contributed by atoms with E-state index in [1.807, 2.05) is 37.3 Å². The molecule has 1 amide bonds. The summed E-state index contributed by atoms with van der Waals surface area (Å²) in [6, 6.07) is 13.0. The first kappa shape index (κ1) is 18.7. The molecule has 2 aromatic carbocycles. The lowest BCUT2D eigenvalue weighted by atomic mass is 10.0. The van der Waals surface area contributed by atoms with E-state index in [1.54, 1.807) is 19.2 Å². The normalized spacial score (nSPS) is 11.0. The summed E-state index contributed by atoms with van der Waals surface area (Å²) >= 11 is 0. The van der Waals surface area contributed by atoms with E-state index < -0.39 is 5.63 Å². The zero-order valence-corrected chi connectivity index (χ0v) is 16.0. The highest BCUT2D eigenvalue weighted by molar-refractivity contribution is 5.93. The van der Waals surface area contributed by atoms with Crippen molar-refractivity contribution in [1.82, 2.24) is 0 Å². The average molecular weight is 365 g/mol. The third-order valence-electron chi connectivity index (χ3n) is 4.69. The highest BCUT2D eigenvalue weighted by Crippen LogP contribution is 2.24. The number of methoxy groups -OCH3 is 1. The van der Waals surface area contributed by atoms with Gasteiger partial charge in [0.2, 0.25) is 5.91 Å². The van der Waals surface area contributed by atoms with Crippen LogP contribution in [0.5, 0.6) is 5.75 Å². The first-order chi connectivity index (χ1) is 12.9. The fraction of sp³-hybridized carbons (Fsp3) is 0.273. The number of anilines is 1. The molecule has 5 heteroatoms. The van der Waals surface area contributed by atoms with Gasteiger partial charge >= 0.3 is 5.63 Å². The molecule has 0 radical (unpaired) electrons. The first-order valence-electron chi connectivity index (χ1n) is 8.89. The molecule has 3 rings (SSSR count). The van der Waals surface area contributed by atoms with Crippen molar-refractivity contribution in [1.29, 1.82) is 0 Å². The van der Waals surface area contributed by atoms with Gasteiger partial charge in [-0.15, -0.1) is 0 Å². The number of hydrogen-bond donors (Lipinski definition) is 1. The number of carbonyl (C=O) groups is 1. The molecule has 0 saturated carbocycles. The van der Waals surface area contributed by atoms with Gasteiger partial charge in [-0.2, -0.15) is 0 Å². The summed E-state index contributed by atoms with van der Waals surface area (Å²) < 4.78 is 10.6. The molecule has 0 aliphatic rings. The van der Waals surface area contributed by atoms with Gasteiger partial charge in [0, 0.05) is 17.1 Å². The fourth-order valence-corrected chi connectivity index (χ4v) is 3.02. The quantitative estimate of drug-likeness (QED) is 0.680. The molecule has 0 aliphatic heterocycles. The van der Waals surface area contributed by atoms with Crippen LogP contribution in [0.3, 0.4) is 0 Å². The summed E-state index contributed by atoms with van der Waals surface area (Å²) in [7, 11) is 1.55. The average Bonchev–Trinajstić information content (AvgIpc) is 2.65. The van der Waals surface area contributed by atoms with Crippen LogP contribution in [0.25, 0.3) is 11.0 Å². The molecule has 0 fully saturated rings. The van der Waals surface area contributed by atoms with Crippen LogP contribution in [0.1, 0.15) is 36.5 Å². The van der Waals surface area contributed by atoms with Gasteiger partial charge < -0.3 is 14.5 Å². The van der Waals surface area contributed by atoms with Gasteiger partial charge in [-0.25, -0.2) is 4.79 Å². The SMILES string of the molecule is COc1ccc2c(C)c(CC(=O)Nc3ccc(C(C)C)cc3)c(=O)oc2c1. The second kappa shape index (κ2) is 7.66. The highest BCUT2D eigenvalue weighted by Gasteiger charge is 2.15. The zero-order valence-electron chi connectivity index (χ0n) is 16.0. The number of ether oxygens (including phenoxy) is 1. The Morgan fingerprint density at radius 3 is 2.48 bits per heavy atom. The lowest BCUT2D eigenvalue weighted by molar-refractivity contribution is -0.115. The van der Waals surface area contributed by atoms with Gasteiger partial charge in [0.25, 0.3) is 0 Å². The zero-order chi connectivity index (χ0) is 19.6. The third-order valence-corrected chi connectivity index (χ3v) is 4.69. The molecule has 1 N–H and O–H groups in total. The van der Waals surface area contributed by atoms with E-state index in [-0.39, 0.29) is 12.3 Å². The molecule has 5 nitrogen and oxygen atoms in total. The summed E-state index contributed by atoms with van der Waals surface area (Å²) in [5, 5.41) is 3.63. The molecule has 0 saturated heterocycles. The maximum absolute atomic E-state index is 12.4. The maximum Gasteiger partial charge on any atom is 0.340 e. The molecule has 140 valence electrons. The van der Waals surface area contributed by atoms with Gasteiger partial charge in [0.1, 0.15) is 11.3 Å². The van der Waals surface area contributed by atoms with E-state index in [4.69, 9.17) is 9.15 Å². The van der Waals surface area contributed by atoms with Crippen LogP contribution in [0.15, 0.2) is 51.7 Å². The molecular formula is C22H23NO4. The Hall–Kier alpha value is -3.08. The summed E-state index contributed by atoms with van der Waals surface area (Å²) in [6.45, 7) is 6.06. The van der Waals surface area contributed by atoms with Crippen molar-refractivity contribution in [3.8, 4) is 5.75 Å². The van der Waals surface area contributed by atoms with Crippen molar-refractivity contribution >= 4 is 22.6 Å². The number of benzene rings is 2. The number of hydrogen-bond acceptors (Lipinski definition) is 4. The number of nitrogens with one attached hydrogen (secondary N) is 1. The van der Waals surface area contributed by atoms with Crippen molar-refractivity contribution in [2.45, 2.75) is 33.1 Å². The van der Waals surface area contributed by atoms with Crippen molar-refractivity contribution in [3.63, 3.8) is 0 Å². The molecular weight excluding hydrogens is 342 g/mol. The van der Waals surface area contributed by atoms with E-state index in [0.717, 1.165) is 10.9 Å². The highest BCUT2D eigenvalue weighted by atomic mass is 16.5. The maximum atomic E-state index is 12.4. The Labute approximate surface area is 158 Å². The molecule has 0 spiro atoms. The lowest BCUT2D eigenvalue weighted by Crippen LogP contribution is -2.20. The third kappa shape index (κ3) is 4.03. The van der Waals surface area contributed by atoms with Crippen LogP contribution >= 0.6 is 0 Å². The minimum absolute atomic E-state index is 0.0396. The monoisotopic (exact) mass is 365 g/mol. The van der Waals surface area contributed by atoms with Crippen LogP contribution in [0, 0.1) is 6.92 Å². The Balaban J connectivity index is 1.83. The van der Waals surface area contributed by atoms with Crippen molar-refractivity contribution in [2.24, 2.45) is 0 Å². The van der Waals surface area contributed by atoms with E-state index in [9.17, 15) is 9.59 Å². The Morgan fingerprint density at radius 2 is 1.85 bits per heavy atom. The minimum atomic E-state index is -0.501. The van der Waals surface area contributed by atoms with Crippen LogP contribution in [-0.2, 0) is 11.2 Å². The van der Waals surface area contributed by atoms with Gasteiger partial charge in [0.05, 0.1) is 19.1 Å². The molecule has 3 aromatic rings. The number of amides is 1. The molecule has 1 heterocycles. The Kier molecular flexibility index (Phi) is 5.31. The van der Waals surface area contributed by atoms with Crippen LogP contribution < -0.4 is 15.7 Å². The second-order valence-electron chi connectivity index (χ2n) is 6.86. The lowest BCUT2D eigenvalue weighted by Gasteiger charge is -2.10. The molecule has 1 aromatic heterocycles. The van der Waals surface area contributed by atoms with E-state index in [1.165, 1.54) is 5.56 Å². The smallest absolute Gasteiger partial charge is 0.340 e. The summed E-state index contributed by atoms with van der Waals surface area (Å²) in [5.41, 5.74) is 2.97. The van der Waals surface area contributed by atoms with E-state index in [0.29, 0.717) is 28.5 Å². The van der Waals surface area contributed by atoms with E-state index >= 15 is 0 Å². The Morgan fingerprint density at radius 1 is 1.15 bits per heavy atom. The van der Waals surface area contributed by atoms with Gasteiger partial charge in [-0.1, -0.05) is 26.0 Å². The number of carbonyl (C=O) groups excluding carboxylic acids is 1. The Bertz CT molecular complexity index is 1030. The largest absolute Gasteiger partial charge is 0.497 e. The van der Waals surface area contributed by atoms with Crippen LogP contribution in [0.2, 0.25) is 0 Å². The number of fused-ring (bicyclic) bond motifs is 1. The summed E-state index contributed by atoms with van der Waals surface area (Å²) in [6.07, 6.45) is -0.0396. The standard InChI is InChI=1S/C22H23NO4/c1-13(2)15-5-7-16(8-6-15)23-21(24)12-19-14(3)18-10-9-17(26-4)11-20(18)27-22(19)25/h5-11,13H,12H2,1-4H3,(H,23,24). The van der Waals surface area contributed by atoms with Crippen molar-refractivity contribution < 1.29 is 13.9 Å². The molecule has 0 unspecified atom stereocenters. The fourth-order valence-electron chi connectivity index (χ4n) is 3.02. The molecule has 0 bridgehead atoms. The topological polar surface area (TPSA) is 68.5 Å². The van der Waals surface area contributed by atoms with Gasteiger partial charge in [-0.3, -0.25) is 4.79 Å². The molecule has 27 heavy (non-hydrogen) atoms. The first-order valence-corrected chi connectivity index (χ1v) is 8.89. The summed E-state index contributed by atoms with van der Waals surface area (Å²) in [5.74, 6) is 0.786. The van der Waals surface area contributed by atoms with Gasteiger partial charge in [0.15, 0.2) is 0 Å². The van der Waals surface area contributed by atoms with E-state index in [2.05, 4.69) is 19.2 Å². The predicted molar refractivity (Wildman–Crippen MR) is 107 cm³/mol. The summed E-state index contributed by atoms with van der Waals surface area (Å²) in [4.78, 5) is 24.8.